The smallest absolute Gasteiger partial charge is 0.387 e. The third kappa shape index (κ3) is 4.34. The Morgan fingerprint density at radius 2 is 1.72 bits per heavy atom. The van der Waals surface area contributed by atoms with Crippen molar-refractivity contribution in [1.29, 1.82) is 0 Å². The summed E-state index contributed by atoms with van der Waals surface area (Å²) in [6, 6.07) is 15.5. The normalized spacial score (nSPS) is 11.4. The van der Waals surface area contributed by atoms with E-state index in [1.165, 1.54) is 44.6 Å². The fourth-order valence-electron chi connectivity index (χ4n) is 3.35. The molecule has 1 amide bonds. The van der Waals surface area contributed by atoms with Crippen LogP contribution in [-0.4, -0.2) is 26.7 Å². The molecule has 4 rings (SSSR count). The van der Waals surface area contributed by atoms with Crippen LogP contribution in [0.4, 0.5) is 14.5 Å². The number of carbonyl (C=O) groups excluding carboxylic acids is 1. The third-order valence-electron chi connectivity index (χ3n) is 4.79. The van der Waals surface area contributed by atoms with Crippen molar-refractivity contribution in [1.82, 2.24) is 0 Å². The van der Waals surface area contributed by atoms with E-state index in [4.69, 9.17) is 13.9 Å². The number of halogens is 2. The molecular formula is C24H19F2NO5. The van der Waals surface area contributed by atoms with Crippen molar-refractivity contribution in [2.75, 3.05) is 19.5 Å². The minimum absolute atomic E-state index is 0.0898. The monoisotopic (exact) mass is 439 g/mol. The van der Waals surface area contributed by atoms with Crippen LogP contribution in [0, 0.1) is 0 Å². The minimum atomic E-state index is -2.96. The number of rotatable bonds is 7. The maximum atomic E-state index is 12.5. The topological polar surface area (TPSA) is 69.9 Å². The van der Waals surface area contributed by atoms with Crippen LogP contribution in [0.25, 0.3) is 28.0 Å². The van der Waals surface area contributed by atoms with E-state index < -0.39 is 12.5 Å². The number of nitrogens with one attached hydrogen (secondary N) is 1. The molecule has 0 atom stereocenters. The molecule has 0 bridgehead atoms. The zero-order chi connectivity index (χ0) is 22.7. The molecule has 4 aromatic rings. The second-order valence-electron chi connectivity index (χ2n) is 6.76. The molecule has 0 unspecified atom stereocenters. The van der Waals surface area contributed by atoms with Gasteiger partial charge in [-0.2, -0.15) is 8.78 Å². The van der Waals surface area contributed by atoms with Gasteiger partial charge in [0.2, 0.25) is 5.91 Å². The average molecular weight is 439 g/mol. The first-order valence-corrected chi connectivity index (χ1v) is 9.59. The summed E-state index contributed by atoms with van der Waals surface area (Å²) in [5.41, 5.74) is 2.37. The molecule has 1 N–H and O–H groups in total. The molecule has 1 heterocycles. The summed E-state index contributed by atoms with van der Waals surface area (Å²) in [5.74, 6) is 0.115. The van der Waals surface area contributed by atoms with Gasteiger partial charge in [-0.1, -0.05) is 24.3 Å². The van der Waals surface area contributed by atoms with Gasteiger partial charge in [0.1, 0.15) is 16.9 Å². The molecule has 1 aromatic heterocycles. The second-order valence-corrected chi connectivity index (χ2v) is 6.76. The molecule has 0 saturated carbocycles. The third-order valence-corrected chi connectivity index (χ3v) is 4.79. The number of ether oxygens (including phenoxy) is 3. The molecule has 3 aromatic carbocycles. The molecule has 0 aliphatic carbocycles. The summed E-state index contributed by atoms with van der Waals surface area (Å²) in [6.45, 7) is -2.96. The van der Waals surface area contributed by atoms with Crippen LogP contribution in [0.2, 0.25) is 0 Å². The summed E-state index contributed by atoms with van der Waals surface area (Å²) in [6.07, 6.45) is 2.83. The van der Waals surface area contributed by atoms with Crippen LogP contribution >= 0.6 is 0 Å². The van der Waals surface area contributed by atoms with Crippen LogP contribution in [0.3, 0.4) is 0 Å². The van der Waals surface area contributed by atoms with Crippen molar-refractivity contribution in [2.24, 2.45) is 0 Å². The van der Waals surface area contributed by atoms with E-state index in [0.717, 1.165) is 16.4 Å². The van der Waals surface area contributed by atoms with Gasteiger partial charge in [0.05, 0.1) is 19.9 Å². The Bertz CT molecular complexity index is 1310. The van der Waals surface area contributed by atoms with Gasteiger partial charge < -0.3 is 23.9 Å². The number of methoxy groups -OCH3 is 2. The lowest BCUT2D eigenvalue weighted by atomic mass is 10.1. The second kappa shape index (κ2) is 8.97. The molecule has 0 spiro atoms. The number of alkyl halides is 2. The van der Waals surface area contributed by atoms with Crippen LogP contribution in [0.1, 0.15) is 5.56 Å². The van der Waals surface area contributed by atoms with Gasteiger partial charge in [-0.3, -0.25) is 4.79 Å². The largest absolute Gasteiger partial charge is 0.495 e. The van der Waals surface area contributed by atoms with Gasteiger partial charge in [-0.15, -0.1) is 0 Å². The van der Waals surface area contributed by atoms with E-state index in [2.05, 4.69) is 10.1 Å². The molecule has 8 heteroatoms. The maximum Gasteiger partial charge on any atom is 0.387 e. The molecular weight excluding hydrogens is 420 g/mol. The van der Waals surface area contributed by atoms with Gasteiger partial charge in [0, 0.05) is 22.9 Å². The quantitative estimate of drug-likeness (QED) is 0.366. The van der Waals surface area contributed by atoms with Crippen LogP contribution in [0.15, 0.2) is 65.1 Å². The maximum absolute atomic E-state index is 12.5. The molecule has 6 nitrogen and oxygen atoms in total. The number of hydrogen-bond acceptors (Lipinski definition) is 5. The van der Waals surface area contributed by atoms with E-state index >= 15 is 0 Å². The average Bonchev–Trinajstić information content (AvgIpc) is 3.14. The zero-order valence-electron chi connectivity index (χ0n) is 17.2. The lowest BCUT2D eigenvalue weighted by Crippen LogP contribution is -2.09. The Balaban J connectivity index is 1.56. The van der Waals surface area contributed by atoms with Crippen molar-refractivity contribution in [3.63, 3.8) is 0 Å². The Labute approximate surface area is 182 Å². The highest BCUT2D eigenvalue weighted by molar-refractivity contribution is 6.09. The lowest BCUT2D eigenvalue weighted by Gasteiger charge is -2.10. The number of anilines is 1. The summed E-state index contributed by atoms with van der Waals surface area (Å²) in [4.78, 5) is 12.5. The minimum Gasteiger partial charge on any atom is -0.495 e. The summed E-state index contributed by atoms with van der Waals surface area (Å²) in [7, 11) is 2.86. The van der Waals surface area contributed by atoms with Gasteiger partial charge >= 0.3 is 6.61 Å². The van der Waals surface area contributed by atoms with Gasteiger partial charge in [-0.05, 0) is 35.9 Å². The highest BCUT2D eigenvalue weighted by atomic mass is 19.3. The Hall–Kier alpha value is -4.07. The van der Waals surface area contributed by atoms with Crippen molar-refractivity contribution in [3.05, 3.63) is 66.2 Å². The highest BCUT2D eigenvalue weighted by Gasteiger charge is 2.14. The van der Waals surface area contributed by atoms with Crippen molar-refractivity contribution in [2.45, 2.75) is 6.61 Å². The standard InChI is InChI=1S/C24H19F2NO5/c1-29-21-12-16-15-5-3-4-6-18(15)31-20(16)13-17(21)27-23(28)10-8-14-7-9-19(32-24(25)26)22(11-14)30-2/h3-13,24H,1-2H3,(H,27,28)/b10-8+. The number of benzene rings is 3. The molecule has 0 saturated heterocycles. The van der Waals surface area contributed by atoms with Crippen LogP contribution in [0.5, 0.6) is 17.2 Å². The molecule has 0 radical (unpaired) electrons. The summed E-state index contributed by atoms with van der Waals surface area (Å²) >= 11 is 0. The first-order valence-electron chi connectivity index (χ1n) is 9.59. The van der Waals surface area contributed by atoms with Gasteiger partial charge in [-0.25, -0.2) is 0 Å². The molecule has 0 aliphatic heterocycles. The molecule has 32 heavy (non-hydrogen) atoms. The zero-order valence-corrected chi connectivity index (χ0v) is 17.2. The van der Waals surface area contributed by atoms with Crippen LogP contribution < -0.4 is 19.5 Å². The van der Waals surface area contributed by atoms with Gasteiger partial charge in [0.25, 0.3) is 0 Å². The van der Waals surface area contributed by atoms with Crippen LogP contribution in [-0.2, 0) is 4.79 Å². The fraction of sp³-hybridized carbons (Fsp3) is 0.125. The number of amides is 1. The van der Waals surface area contributed by atoms with Gasteiger partial charge in [0.15, 0.2) is 11.5 Å². The SMILES string of the molecule is COc1cc2c(cc1NC(=O)/C=C/c1ccc(OC(F)F)c(OC)c1)oc1ccccc12. The van der Waals surface area contributed by atoms with Crippen molar-refractivity contribution in [3.8, 4) is 17.2 Å². The van der Waals surface area contributed by atoms with E-state index in [9.17, 15) is 13.6 Å². The Morgan fingerprint density at radius 1 is 0.938 bits per heavy atom. The number of carbonyl (C=O) groups is 1. The summed E-state index contributed by atoms with van der Waals surface area (Å²) < 4.78 is 45.7. The first kappa shape index (κ1) is 21.2. The molecule has 0 fully saturated rings. The number of furan rings is 1. The van der Waals surface area contributed by atoms with E-state index in [1.54, 1.807) is 6.07 Å². The predicted molar refractivity (Wildman–Crippen MR) is 118 cm³/mol. The molecule has 0 aliphatic rings. The number of para-hydroxylation sites is 1. The Morgan fingerprint density at radius 3 is 2.47 bits per heavy atom. The lowest BCUT2D eigenvalue weighted by molar-refractivity contribution is -0.111. The fourth-order valence-corrected chi connectivity index (χ4v) is 3.35. The Kier molecular flexibility index (Phi) is 5.93. The first-order chi connectivity index (χ1) is 15.5. The summed E-state index contributed by atoms with van der Waals surface area (Å²) in [5, 5.41) is 4.60. The highest BCUT2D eigenvalue weighted by Crippen LogP contribution is 2.36. The molecule has 164 valence electrons. The van der Waals surface area contributed by atoms with Crippen molar-refractivity contribution < 1.29 is 32.2 Å². The van der Waals surface area contributed by atoms with E-state index in [-0.39, 0.29) is 11.5 Å². The number of fused-ring (bicyclic) bond motifs is 3. The van der Waals surface area contributed by atoms with E-state index in [0.29, 0.717) is 22.6 Å². The number of hydrogen-bond donors (Lipinski definition) is 1. The predicted octanol–water partition coefficient (Wildman–Crippen LogP) is 5.86. The van der Waals surface area contributed by atoms with Crippen molar-refractivity contribution >= 4 is 39.6 Å². The van der Waals surface area contributed by atoms with E-state index in [1.807, 2.05) is 30.3 Å².